The number of ether oxygens (including phenoxy) is 3. The lowest BCUT2D eigenvalue weighted by atomic mass is 9.97. The highest BCUT2D eigenvalue weighted by Gasteiger charge is 2.25. The van der Waals surface area contributed by atoms with Gasteiger partial charge in [-0.15, -0.1) is 0 Å². The molecule has 0 bridgehead atoms. The van der Waals surface area contributed by atoms with Gasteiger partial charge in [0.15, 0.2) is 17.6 Å². The van der Waals surface area contributed by atoms with E-state index in [1.54, 1.807) is 25.1 Å². The van der Waals surface area contributed by atoms with Crippen LogP contribution in [0, 0.1) is 0 Å². The van der Waals surface area contributed by atoms with Crippen molar-refractivity contribution in [2.75, 3.05) is 12.1 Å². The van der Waals surface area contributed by atoms with E-state index in [1.165, 1.54) is 0 Å². The number of nitrogens with one attached hydrogen (secondary N) is 1. The minimum absolute atomic E-state index is 0.165. The monoisotopic (exact) mass is 355 g/mol. The van der Waals surface area contributed by atoms with Gasteiger partial charge in [-0.05, 0) is 31.0 Å². The summed E-state index contributed by atoms with van der Waals surface area (Å²) in [6.07, 6.45) is -0.315. The first-order valence-electron chi connectivity index (χ1n) is 8.54. The molecule has 1 aliphatic rings. The number of anilines is 1. The number of carbonyl (C=O) groups is 2. The molecule has 0 saturated carbocycles. The molecule has 0 aliphatic carbocycles. The van der Waals surface area contributed by atoms with Crippen molar-refractivity contribution in [2.45, 2.75) is 32.3 Å². The summed E-state index contributed by atoms with van der Waals surface area (Å²) in [6.45, 7) is 3.63. The second kappa shape index (κ2) is 7.91. The van der Waals surface area contributed by atoms with Crippen LogP contribution in [0.3, 0.4) is 0 Å². The van der Waals surface area contributed by atoms with Crippen LogP contribution in [0.2, 0.25) is 0 Å². The fourth-order valence-electron chi connectivity index (χ4n) is 2.75. The van der Waals surface area contributed by atoms with Gasteiger partial charge in [0.05, 0.1) is 5.92 Å². The Balaban J connectivity index is 1.60. The number of carbonyl (C=O) groups excluding carboxylic acids is 2. The lowest BCUT2D eigenvalue weighted by molar-refractivity contribution is -0.154. The van der Waals surface area contributed by atoms with Crippen LogP contribution >= 0.6 is 0 Å². The van der Waals surface area contributed by atoms with Crippen LogP contribution in [0.15, 0.2) is 48.5 Å². The fraction of sp³-hybridized carbons (Fsp3) is 0.300. The zero-order chi connectivity index (χ0) is 18.5. The van der Waals surface area contributed by atoms with Crippen molar-refractivity contribution in [2.24, 2.45) is 0 Å². The normalized spacial score (nSPS) is 14.4. The highest BCUT2D eigenvalue weighted by atomic mass is 16.7. The Kier molecular flexibility index (Phi) is 5.41. The predicted molar refractivity (Wildman–Crippen MR) is 96.2 cm³/mol. The molecule has 0 fully saturated rings. The Hall–Kier alpha value is -3.02. The number of amides is 1. The van der Waals surface area contributed by atoms with Crippen LogP contribution in [-0.2, 0) is 14.3 Å². The van der Waals surface area contributed by atoms with Gasteiger partial charge < -0.3 is 19.5 Å². The molecule has 6 nitrogen and oxygen atoms in total. The highest BCUT2D eigenvalue weighted by Crippen LogP contribution is 2.34. The Morgan fingerprint density at radius 1 is 1.12 bits per heavy atom. The summed E-state index contributed by atoms with van der Waals surface area (Å²) >= 11 is 0. The lowest BCUT2D eigenvalue weighted by Gasteiger charge is -2.18. The molecule has 2 atom stereocenters. The quantitative estimate of drug-likeness (QED) is 0.803. The van der Waals surface area contributed by atoms with E-state index in [2.05, 4.69) is 5.32 Å². The highest BCUT2D eigenvalue weighted by molar-refractivity contribution is 5.95. The van der Waals surface area contributed by atoms with Gasteiger partial charge in [-0.2, -0.15) is 0 Å². The van der Waals surface area contributed by atoms with Crippen LogP contribution in [0.25, 0.3) is 0 Å². The van der Waals surface area contributed by atoms with Gasteiger partial charge in [-0.1, -0.05) is 37.3 Å². The van der Waals surface area contributed by atoms with Crippen LogP contribution < -0.4 is 14.8 Å². The molecule has 2 aromatic rings. The maximum Gasteiger partial charge on any atom is 0.314 e. The van der Waals surface area contributed by atoms with E-state index < -0.39 is 23.9 Å². The van der Waals surface area contributed by atoms with Crippen molar-refractivity contribution >= 4 is 17.6 Å². The van der Waals surface area contributed by atoms with Gasteiger partial charge >= 0.3 is 5.97 Å². The van der Waals surface area contributed by atoms with Crippen molar-refractivity contribution < 1.29 is 23.8 Å². The fourth-order valence-corrected chi connectivity index (χ4v) is 2.75. The van der Waals surface area contributed by atoms with E-state index in [-0.39, 0.29) is 6.79 Å². The van der Waals surface area contributed by atoms with Crippen LogP contribution in [0.5, 0.6) is 11.5 Å². The lowest BCUT2D eigenvalue weighted by Crippen LogP contribution is -2.31. The van der Waals surface area contributed by atoms with Gasteiger partial charge in [-0.3, -0.25) is 9.59 Å². The van der Waals surface area contributed by atoms with E-state index >= 15 is 0 Å². The predicted octanol–water partition coefficient (Wildman–Crippen LogP) is 3.48. The summed E-state index contributed by atoms with van der Waals surface area (Å²) in [7, 11) is 0. The Labute approximate surface area is 152 Å². The summed E-state index contributed by atoms with van der Waals surface area (Å²) in [6, 6.07) is 14.5. The van der Waals surface area contributed by atoms with Gasteiger partial charge in [0.1, 0.15) is 0 Å². The average molecular weight is 355 g/mol. The van der Waals surface area contributed by atoms with E-state index in [0.29, 0.717) is 23.6 Å². The minimum Gasteiger partial charge on any atom is -0.454 e. The van der Waals surface area contributed by atoms with E-state index in [9.17, 15) is 9.59 Å². The van der Waals surface area contributed by atoms with E-state index in [0.717, 1.165) is 5.56 Å². The zero-order valence-corrected chi connectivity index (χ0v) is 14.7. The Morgan fingerprint density at radius 3 is 2.58 bits per heavy atom. The smallest absolute Gasteiger partial charge is 0.314 e. The largest absolute Gasteiger partial charge is 0.454 e. The molecule has 2 aromatic carbocycles. The van der Waals surface area contributed by atoms with Crippen molar-refractivity contribution in [3.8, 4) is 11.5 Å². The summed E-state index contributed by atoms with van der Waals surface area (Å²) in [5, 5.41) is 2.72. The maximum atomic E-state index is 12.5. The van der Waals surface area contributed by atoms with Crippen LogP contribution in [-0.4, -0.2) is 24.8 Å². The van der Waals surface area contributed by atoms with E-state index in [4.69, 9.17) is 14.2 Å². The van der Waals surface area contributed by atoms with Gasteiger partial charge in [-0.25, -0.2) is 0 Å². The molecule has 3 rings (SSSR count). The Bertz CT molecular complexity index is 790. The number of hydrogen-bond donors (Lipinski definition) is 1. The van der Waals surface area contributed by atoms with E-state index in [1.807, 2.05) is 37.3 Å². The maximum absolute atomic E-state index is 12.5. The van der Waals surface area contributed by atoms with Gasteiger partial charge in [0, 0.05) is 11.8 Å². The van der Waals surface area contributed by atoms with Crippen molar-refractivity contribution in [3.05, 3.63) is 54.1 Å². The molecule has 0 aromatic heterocycles. The van der Waals surface area contributed by atoms with Crippen molar-refractivity contribution in [1.82, 2.24) is 0 Å². The third kappa shape index (κ3) is 3.96. The number of fused-ring (bicyclic) bond motifs is 1. The van der Waals surface area contributed by atoms with Crippen LogP contribution in [0.4, 0.5) is 5.69 Å². The molecule has 26 heavy (non-hydrogen) atoms. The first-order chi connectivity index (χ1) is 12.6. The number of rotatable bonds is 6. The molecule has 0 spiro atoms. The SMILES string of the molecule is CC[C@H](C(=O)O[C@H](C)C(=O)Nc1ccc2c(c1)OCO2)c1ccccc1. The topological polar surface area (TPSA) is 73.9 Å². The molecule has 1 amide bonds. The third-order valence-electron chi connectivity index (χ3n) is 4.20. The standard InChI is InChI=1S/C20H21NO5/c1-3-16(14-7-5-4-6-8-14)20(23)26-13(2)19(22)21-15-9-10-17-18(11-15)25-12-24-17/h4-11,13,16H,3,12H2,1-2H3,(H,21,22)/t13-,16+/m1/s1. The molecule has 1 heterocycles. The average Bonchev–Trinajstić information content (AvgIpc) is 3.11. The summed E-state index contributed by atoms with van der Waals surface area (Å²) in [5.74, 6) is 0.00264. The van der Waals surface area contributed by atoms with Crippen molar-refractivity contribution in [1.29, 1.82) is 0 Å². The molecule has 0 radical (unpaired) electrons. The summed E-state index contributed by atoms with van der Waals surface area (Å²) in [5.41, 5.74) is 1.43. The second-order valence-electron chi connectivity index (χ2n) is 6.01. The molecular weight excluding hydrogens is 334 g/mol. The number of esters is 1. The molecule has 6 heteroatoms. The van der Waals surface area contributed by atoms with Gasteiger partial charge in [0.25, 0.3) is 5.91 Å². The van der Waals surface area contributed by atoms with Crippen molar-refractivity contribution in [3.63, 3.8) is 0 Å². The third-order valence-corrected chi connectivity index (χ3v) is 4.20. The number of benzene rings is 2. The summed E-state index contributed by atoms with van der Waals surface area (Å²) < 4.78 is 15.9. The minimum atomic E-state index is -0.911. The molecule has 0 unspecified atom stereocenters. The molecule has 1 aliphatic heterocycles. The Morgan fingerprint density at radius 2 is 1.85 bits per heavy atom. The first kappa shape index (κ1) is 17.8. The summed E-state index contributed by atoms with van der Waals surface area (Å²) in [4.78, 5) is 24.8. The molecule has 0 saturated heterocycles. The van der Waals surface area contributed by atoms with Gasteiger partial charge in [0.2, 0.25) is 6.79 Å². The molecular formula is C20H21NO5. The number of hydrogen-bond acceptors (Lipinski definition) is 5. The van der Waals surface area contributed by atoms with Crippen LogP contribution in [0.1, 0.15) is 31.7 Å². The second-order valence-corrected chi connectivity index (χ2v) is 6.01. The molecule has 1 N–H and O–H groups in total. The first-order valence-corrected chi connectivity index (χ1v) is 8.54. The molecule has 136 valence electrons. The zero-order valence-electron chi connectivity index (χ0n) is 14.7.